The van der Waals surface area contributed by atoms with Crippen molar-refractivity contribution in [2.45, 2.75) is 50.6 Å². The van der Waals surface area contributed by atoms with Crippen LogP contribution in [-0.4, -0.2) is 54.5 Å². The molecule has 5 heteroatoms. The summed E-state index contributed by atoms with van der Waals surface area (Å²) in [5.74, 6) is 0.819. The van der Waals surface area contributed by atoms with Gasteiger partial charge in [-0.25, -0.2) is 0 Å². The summed E-state index contributed by atoms with van der Waals surface area (Å²) >= 11 is 0. The second-order valence-corrected chi connectivity index (χ2v) is 8.35. The van der Waals surface area contributed by atoms with Crippen LogP contribution in [0.25, 0.3) is 11.1 Å². The lowest BCUT2D eigenvalue weighted by Crippen LogP contribution is -2.53. The lowest BCUT2D eigenvalue weighted by Gasteiger charge is -2.42. The number of carbonyl (C=O) groups excluding carboxylic acids is 1. The van der Waals surface area contributed by atoms with Gasteiger partial charge in [0.05, 0.1) is 0 Å². The zero-order valence-corrected chi connectivity index (χ0v) is 18.7. The van der Waals surface area contributed by atoms with Gasteiger partial charge in [0.15, 0.2) is 6.61 Å². The highest BCUT2D eigenvalue weighted by molar-refractivity contribution is 5.85. The molecule has 1 saturated heterocycles. The van der Waals surface area contributed by atoms with Gasteiger partial charge in [-0.1, -0.05) is 55.3 Å². The molecule has 0 N–H and O–H groups in total. The summed E-state index contributed by atoms with van der Waals surface area (Å²) in [6, 6.07) is 19.1. The largest absolute Gasteiger partial charge is 0.484 e. The van der Waals surface area contributed by atoms with Crippen LogP contribution < -0.4 is 4.74 Å². The lowest BCUT2D eigenvalue weighted by molar-refractivity contribution is -0.136. The second kappa shape index (κ2) is 10.8. The van der Waals surface area contributed by atoms with Crippen LogP contribution in [0.5, 0.6) is 5.75 Å². The molecule has 2 aromatic carbocycles. The minimum atomic E-state index is 0. The third-order valence-electron chi connectivity index (χ3n) is 6.52. The highest BCUT2D eigenvalue weighted by Crippen LogP contribution is 2.29. The first-order valence-corrected chi connectivity index (χ1v) is 11.0. The molecule has 162 valence electrons. The Bertz CT molecular complexity index is 791. The van der Waals surface area contributed by atoms with Crippen molar-refractivity contribution in [1.29, 1.82) is 0 Å². The van der Waals surface area contributed by atoms with Gasteiger partial charge < -0.3 is 9.64 Å². The zero-order valence-electron chi connectivity index (χ0n) is 17.8. The van der Waals surface area contributed by atoms with Gasteiger partial charge in [0, 0.05) is 19.1 Å². The number of likely N-dealkylation sites (tertiary alicyclic amines) is 1. The number of nitrogens with zero attached hydrogens (tertiary/aromatic N) is 2. The molecule has 4 rings (SSSR count). The molecule has 0 bridgehead atoms. The topological polar surface area (TPSA) is 32.8 Å². The summed E-state index contributed by atoms with van der Waals surface area (Å²) in [7, 11) is 1.96. The Labute approximate surface area is 186 Å². The van der Waals surface area contributed by atoms with Crippen LogP contribution in [0.15, 0.2) is 54.6 Å². The number of hydrogen-bond acceptors (Lipinski definition) is 3. The Kier molecular flexibility index (Phi) is 8.17. The van der Waals surface area contributed by atoms with E-state index in [1.807, 2.05) is 54.4 Å². The SMILES string of the molecule is CN(C(=O)COc1ccc(-c2ccccc2)cc1)C1CCCCC1N1CCCC1.Cl. The molecule has 4 nitrogen and oxygen atoms in total. The molecule has 1 amide bonds. The van der Waals surface area contributed by atoms with E-state index in [1.54, 1.807) is 0 Å². The minimum Gasteiger partial charge on any atom is -0.484 e. The summed E-state index contributed by atoms with van der Waals surface area (Å²) < 4.78 is 5.83. The predicted molar refractivity (Wildman–Crippen MR) is 124 cm³/mol. The number of hydrogen-bond donors (Lipinski definition) is 0. The molecule has 2 atom stereocenters. The van der Waals surface area contributed by atoms with Crippen LogP contribution in [0.1, 0.15) is 38.5 Å². The van der Waals surface area contributed by atoms with E-state index in [0.29, 0.717) is 12.1 Å². The molecule has 2 fully saturated rings. The number of benzene rings is 2. The molecular weight excluding hydrogens is 396 g/mol. The van der Waals surface area contributed by atoms with Crippen molar-refractivity contribution in [1.82, 2.24) is 9.80 Å². The standard InChI is InChI=1S/C25H32N2O2.ClH/c1-26(23-11-5-6-12-24(23)27-17-7-8-18-27)25(28)19-29-22-15-13-21(14-16-22)20-9-3-2-4-10-20;/h2-4,9-10,13-16,23-24H,5-8,11-12,17-19H2,1H3;1H. The highest BCUT2D eigenvalue weighted by Gasteiger charge is 2.35. The van der Waals surface area contributed by atoms with Gasteiger partial charge in [0.25, 0.3) is 5.91 Å². The van der Waals surface area contributed by atoms with Gasteiger partial charge in [-0.3, -0.25) is 9.69 Å². The van der Waals surface area contributed by atoms with Crippen molar-refractivity contribution in [3.63, 3.8) is 0 Å². The fourth-order valence-electron chi connectivity index (χ4n) is 4.85. The van der Waals surface area contributed by atoms with E-state index in [-0.39, 0.29) is 24.9 Å². The first kappa shape index (κ1) is 22.6. The average molecular weight is 429 g/mol. The highest BCUT2D eigenvalue weighted by atomic mass is 35.5. The van der Waals surface area contributed by atoms with Crippen LogP contribution in [0.4, 0.5) is 0 Å². The van der Waals surface area contributed by atoms with Crippen LogP contribution in [0, 0.1) is 0 Å². The molecule has 1 aliphatic heterocycles. The summed E-state index contributed by atoms with van der Waals surface area (Å²) in [5.41, 5.74) is 2.33. The Balaban J connectivity index is 0.00000256. The molecule has 1 aliphatic carbocycles. The molecule has 0 aromatic heterocycles. The zero-order chi connectivity index (χ0) is 20.1. The van der Waals surface area contributed by atoms with Crippen LogP contribution in [0.2, 0.25) is 0 Å². The molecule has 0 radical (unpaired) electrons. The van der Waals surface area contributed by atoms with Crippen molar-refractivity contribution in [2.75, 3.05) is 26.7 Å². The van der Waals surface area contributed by atoms with Crippen molar-refractivity contribution in [3.05, 3.63) is 54.6 Å². The van der Waals surface area contributed by atoms with Crippen molar-refractivity contribution in [3.8, 4) is 16.9 Å². The van der Waals surface area contributed by atoms with E-state index in [0.717, 1.165) is 17.7 Å². The van der Waals surface area contributed by atoms with Gasteiger partial charge in [-0.05, 0) is 62.0 Å². The summed E-state index contributed by atoms with van der Waals surface area (Å²) in [6.45, 7) is 2.48. The van der Waals surface area contributed by atoms with E-state index in [4.69, 9.17) is 4.74 Å². The lowest BCUT2D eigenvalue weighted by atomic mass is 9.88. The number of carbonyl (C=O) groups is 1. The van der Waals surface area contributed by atoms with E-state index < -0.39 is 0 Å². The summed E-state index contributed by atoms with van der Waals surface area (Å²) in [4.78, 5) is 17.4. The molecule has 2 aliphatic rings. The maximum Gasteiger partial charge on any atom is 0.260 e. The predicted octanol–water partition coefficient (Wildman–Crippen LogP) is 5.02. The number of amides is 1. The number of likely N-dealkylation sites (N-methyl/N-ethyl adjacent to an activating group) is 1. The summed E-state index contributed by atoms with van der Waals surface area (Å²) in [6.07, 6.45) is 7.41. The van der Waals surface area contributed by atoms with Gasteiger partial charge >= 0.3 is 0 Å². The Morgan fingerprint density at radius 2 is 1.57 bits per heavy atom. The van der Waals surface area contributed by atoms with Crippen LogP contribution in [-0.2, 0) is 4.79 Å². The molecule has 0 spiro atoms. The Hall–Kier alpha value is -2.04. The summed E-state index contributed by atoms with van der Waals surface area (Å²) in [5, 5.41) is 0. The third kappa shape index (κ3) is 5.35. The molecule has 1 saturated carbocycles. The maximum atomic E-state index is 12.8. The molecule has 2 unspecified atom stereocenters. The third-order valence-corrected chi connectivity index (χ3v) is 6.52. The number of rotatable bonds is 6. The average Bonchev–Trinajstić information content (AvgIpc) is 3.33. The van der Waals surface area contributed by atoms with Crippen molar-refractivity contribution in [2.24, 2.45) is 0 Å². The normalized spacial score (nSPS) is 21.6. The fourth-order valence-corrected chi connectivity index (χ4v) is 4.85. The molecule has 2 aromatic rings. The second-order valence-electron chi connectivity index (χ2n) is 8.35. The van der Waals surface area contributed by atoms with E-state index in [9.17, 15) is 4.79 Å². The minimum absolute atomic E-state index is 0. The Morgan fingerprint density at radius 1 is 0.933 bits per heavy atom. The number of ether oxygens (including phenoxy) is 1. The first-order chi connectivity index (χ1) is 14.2. The van der Waals surface area contributed by atoms with E-state index in [1.165, 1.54) is 50.8 Å². The van der Waals surface area contributed by atoms with Gasteiger partial charge in [-0.2, -0.15) is 0 Å². The monoisotopic (exact) mass is 428 g/mol. The van der Waals surface area contributed by atoms with E-state index >= 15 is 0 Å². The van der Waals surface area contributed by atoms with Gasteiger partial charge in [0.2, 0.25) is 0 Å². The van der Waals surface area contributed by atoms with Crippen LogP contribution in [0.3, 0.4) is 0 Å². The maximum absolute atomic E-state index is 12.8. The molecule has 30 heavy (non-hydrogen) atoms. The molecular formula is C25H33ClN2O2. The fraction of sp³-hybridized carbons (Fsp3) is 0.480. The molecule has 1 heterocycles. The first-order valence-electron chi connectivity index (χ1n) is 11.0. The number of halogens is 1. The quantitative estimate of drug-likeness (QED) is 0.647. The van der Waals surface area contributed by atoms with Gasteiger partial charge in [0.1, 0.15) is 5.75 Å². The van der Waals surface area contributed by atoms with Crippen molar-refractivity contribution >= 4 is 18.3 Å². The smallest absolute Gasteiger partial charge is 0.260 e. The van der Waals surface area contributed by atoms with Crippen molar-refractivity contribution < 1.29 is 9.53 Å². The van der Waals surface area contributed by atoms with Gasteiger partial charge in [-0.15, -0.1) is 12.4 Å². The Morgan fingerprint density at radius 3 is 2.27 bits per heavy atom. The van der Waals surface area contributed by atoms with Crippen LogP contribution >= 0.6 is 12.4 Å². The van der Waals surface area contributed by atoms with E-state index in [2.05, 4.69) is 17.0 Å².